The van der Waals surface area contributed by atoms with Gasteiger partial charge in [0.05, 0.1) is 11.8 Å². The van der Waals surface area contributed by atoms with Gasteiger partial charge < -0.3 is 10.5 Å². The SMILES string of the molecule is Cc1cc(N)c(S(=O)(=O)NC(C)C2CCCO2)cc1C. The Balaban J connectivity index is 2.24. The van der Waals surface area contributed by atoms with Crippen LogP contribution in [-0.4, -0.2) is 27.2 Å². The van der Waals surface area contributed by atoms with E-state index < -0.39 is 10.0 Å². The van der Waals surface area contributed by atoms with Gasteiger partial charge in [0.2, 0.25) is 10.0 Å². The lowest BCUT2D eigenvalue weighted by atomic mass is 10.1. The van der Waals surface area contributed by atoms with E-state index in [1.54, 1.807) is 12.1 Å². The van der Waals surface area contributed by atoms with Crippen molar-refractivity contribution in [3.63, 3.8) is 0 Å². The molecule has 1 aliphatic rings. The van der Waals surface area contributed by atoms with Gasteiger partial charge in [-0.1, -0.05) is 0 Å². The molecule has 20 heavy (non-hydrogen) atoms. The van der Waals surface area contributed by atoms with Crippen LogP contribution in [-0.2, 0) is 14.8 Å². The highest BCUT2D eigenvalue weighted by molar-refractivity contribution is 7.89. The molecule has 0 saturated carbocycles. The van der Waals surface area contributed by atoms with Crippen LogP contribution in [0.2, 0.25) is 0 Å². The summed E-state index contributed by atoms with van der Waals surface area (Å²) >= 11 is 0. The van der Waals surface area contributed by atoms with E-state index in [-0.39, 0.29) is 22.7 Å². The molecule has 0 spiro atoms. The number of nitrogens with one attached hydrogen (secondary N) is 1. The molecular formula is C14H22N2O3S. The fourth-order valence-electron chi connectivity index (χ4n) is 2.43. The smallest absolute Gasteiger partial charge is 0.242 e. The van der Waals surface area contributed by atoms with Gasteiger partial charge in [-0.05, 0) is 56.9 Å². The number of ether oxygens (including phenoxy) is 1. The number of aryl methyl sites for hydroxylation is 2. The molecule has 3 N–H and O–H groups in total. The summed E-state index contributed by atoms with van der Waals surface area (Å²) in [5.74, 6) is 0. The number of nitrogen functional groups attached to an aromatic ring is 1. The maximum Gasteiger partial charge on any atom is 0.242 e. The molecule has 0 bridgehead atoms. The van der Waals surface area contributed by atoms with Gasteiger partial charge in [0, 0.05) is 12.6 Å². The zero-order chi connectivity index (χ0) is 14.9. The van der Waals surface area contributed by atoms with E-state index in [4.69, 9.17) is 10.5 Å². The van der Waals surface area contributed by atoms with E-state index in [0.717, 1.165) is 24.0 Å². The maximum atomic E-state index is 12.4. The topological polar surface area (TPSA) is 81.4 Å². The third-order valence-electron chi connectivity index (χ3n) is 3.78. The zero-order valence-electron chi connectivity index (χ0n) is 12.1. The van der Waals surface area contributed by atoms with Crippen molar-refractivity contribution >= 4 is 15.7 Å². The predicted octanol–water partition coefficient (Wildman–Crippen LogP) is 1.73. The van der Waals surface area contributed by atoms with Gasteiger partial charge in [-0.3, -0.25) is 0 Å². The Labute approximate surface area is 120 Å². The molecule has 1 fully saturated rings. The molecule has 112 valence electrons. The average Bonchev–Trinajstić information content (AvgIpc) is 2.86. The fraction of sp³-hybridized carbons (Fsp3) is 0.571. The normalized spacial score (nSPS) is 21.1. The zero-order valence-corrected chi connectivity index (χ0v) is 13.0. The van der Waals surface area contributed by atoms with Gasteiger partial charge in [0.15, 0.2) is 0 Å². The standard InChI is InChI=1S/C14H22N2O3S/c1-9-7-12(15)14(8-10(9)2)20(17,18)16-11(3)13-5-4-6-19-13/h7-8,11,13,16H,4-6,15H2,1-3H3. The van der Waals surface area contributed by atoms with Crippen LogP contribution in [0.1, 0.15) is 30.9 Å². The van der Waals surface area contributed by atoms with Gasteiger partial charge in [-0.2, -0.15) is 0 Å². The second-order valence-corrected chi connectivity index (χ2v) is 7.12. The van der Waals surface area contributed by atoms with E-state index in [2.05, 4.69) is 4.72 Å². The highest BCUT2D eigenvalue weighted by Gasteiger charge is 2.28. The predicted molar refractivity (Wildman–Crippen MR) is 79.1 cm³/mol. The Morgan fingerprint density at radius 1 is 1.35 bits per heavy atom. The van der Waals surface area contributed by atoms with Crippen molar-refractivity contribution in [2.75, 3.05) is 12.3 Å². The van der Waals surface area contributed by atoms with Crippen LogP contribution in [0.25, 0.3) is 0 Å². The van der Waals surface area contributed by atoms with Crippen LogP contribution >= 0.6 is 0 Å². The molecule has 0 aromatic heterocycles. The van der Waals surface area contributed by atoms with Crippen LogP contribution in [0.5, 0.6) is 0 Å². The van der Waals surface area contributed by atoms with Crippen molar-refractivity contribution in [2.45, 2.75) is 50.7 Å². The van der Waals surface area contributed by atoms with Crippen LogP contribution < -0.4 is 10.5 Å². The number of rotatable bonds is 4. The number of anilines is 1. The molecule has 1 saturated heterocycles. The summed E-state index contributed by atoms with van der Waals surface area (Å²) in [6, 6.07) is 3.05. The molecule has 2 rings (SSSR count). The molecule has 6 heteroatoms. The van der Waals surface area contributed by atoms with Crippen molar-refractivity contribution in [1.29, 1.82) is 0 Å². The highest BCUT2D eigenvalue weighted by atomic mass is 32.2. The third kappa shape index (κ3) is 3.13. The van der Waals surface area contributed by atoms with E-state index in [1.165, 1.54) is 0 Å². The van der Waals surface area contributed by atoms with E-state index >= 15 is 0 Å². The molecule has 1 aromatic rings. The first-order chi connectivity index (χ1) is 9.31. The molecule has 0 radical (unpaired) electrons. The average molecular weight is 298 g/mol. The van der Waals surface area contributed by atoms with E-state index in [9.17, 15) is 8.42 Å². The van der Waals surface area contributed by atoms with Crippen LogP contribution in [0.4, 0.5) is 5.69 Å². The summed E-state index contributed by atoms with van der Waals surface area (Å²) in [4.78, 5) is 0.144. The molecule has 2 atom stereocenters. The Hall–Kier alpha value is -1.11. The minimum atomic E-state index is -3.62. The summed E-state index contributed by atoms with van der Waals surface area (Å²) in [7, 11) is -3.62. The molecule has 1 aliphatic heterocycles. The summed E-state index contributed by atoms with van der Waals surface area (Å²) in [5, 5.41) is 0. The Kier molecular flexibility index (Phi) is 4.36. The highest BCUT2D eigenvalue weighted by Crippen LogP contribution is 2.24. The van der Waals surface area contributed by atoms with Crippen molar-refractivity contribution in [2.24, 2.45) is 0 Å². The quantitative estimate of drug-likeness (QED) is 0.830. The Morgan fingerprint density at radius 3 is 2.60 bits per heavy atom. The monoisotopic (exact) mass is 298 g/mol. The van der Waals surface area contributed by atoms with E-state index in [1.807, 2.05) is 20.8 Å². The third-order valence-corrected chi connectivity index (χ3v) is 5.39. The second-order valence-electron chi connectivity index (χ2n) is 5.44. The molecule has 1 aromatic carbocycles. The van der Waals surface area contributed by atoms with Crippen LogP contribution in [0.3, 0.4) is 0 Å². The lowest BCUT2D eigenvalue weighted by molar-refractivity contribution is 0.0902. The first-order valence-corrected chi connectivity index (χ1v) is 8.30. The Bertz CT molecular complexity index is 593. The van der Waals surface area contributed by atoms with Crippen LogP contribution in [0.15, 0.2) is 17.0 Å². The summed E-state index contributed by atoms with van der Waals surface area (Å²) in [6.45, 7) is 6.30. The second kappa shape index (κ2) is 5.71. The van der Waals surface area contributed by atoms with Crippen molar-refractivity contribution < 1.29 is 13.2 Å². The first kappa shape index (κ1) is 15.3. The van der Waals surface area contributed by atoms with Gasteiger partial charge in [-0.15, -0.1) is 0 Å². The molecule has 0 amide bonds. The van der Waals surface area contributed by atoms with Crippen molar-refractivity contribution in [3.05, 3.63) is 23.3 Å². The van der Waals surface area contributed by atoms with Crippen molar-refractivity contribution in [3.8, 4) is 0 Å². The van der Waals surface area contributed by atoms with Crippen molar-refractivity contribution in [1.82, 2.24) is 4.72 Å². The van der Waals surface area contributed by atoms with Gasteiger partial charge in [0.1, 0.15) is 4.90 Å². The molecule has 2 unspecified atom stereocenters. The summed E-state index contributed by atoms with van der Waals surface area (Å²) in [6.07, 6.45) is 1.80. The number of hydrogen-bond donors (Lipinski definition) is 2. The van der Waals surface area contributed by atoms with Gasteiger partial charge in [-0.25, -0.2) is 13.1 Å². The van der Waals surface area contributed by atoms with Gasteiger partial charge in [0.25, 0.3) is 0 Å². The van der Waals surface area contributed by atoms with Crippen LogP contribution in [0, 0.1) is 13.8 Å². The molecule has 5 nitrogen and oxygen atoms in total. The minimum absolute atomic E-state index is 0.0578. The minimum Gasteiger partial charge on any atom is -0.398 e. The lowest BCUT2D eigenvalue weighted by Crippen LogP contribution is -2.41. The summed E-state index contributed by atoms with van der Waals surface area (Å²) in [5.41, 5.74) is 8.02. The lowest BCUT2D eigenvalue weighted by Gasteiger charge is -2.20. The Morgan fingerprint density at radius 2 is 2.00 bits per heavy atom. The molecule has 0 aliphatic carbocycles. The number of nitrogens with two attached hydrogens (primary N) is 1. The molecule has 1 heterocycles. The maximum absolute atomic E-state index is 12.4. The van der Waals surface area contributed by atoms with Gasteiger partial charge >= 0.3 is 0 Å². The number of sulfonamides is 1. The largest absolute Gasteiger partial charge is 0.398 e. The number of hydrogen-bond acceptors (Lipinski definition) is 4. The molecular weight excluding hydrogens is 276 g/mol. The van der Waals surface area contributed by atoms with E-state index in [0.29, 0.717) is 6.61 Å². The summed E-state index contributed by atoms with van der Waals surface area (Å²) < 4.78 is 33.1. The number of benzene rings is 1. The fourth-order valence-corrected chi connectivity index (χ4v) is 3.90. The first-order valence-electron chi connectivity index (χ1n) is 6.82.